The SMILES string of the molecule is O=C(CCC(F)(F)F)NC(c1cnn2cc([C@@H](NC(=O)c3cccc(F)c3)C3CCC(F)(F)CC3)nc2c1)C1CC1. The van der Waals surface area contributed by atoms with Crippen molar-refractivity contribution in [2.24, 2.45) is 11.8 Å². The lowest BCUT2D eigenvalue weighted by atomic mass is 9.81. The molecule has 13 heteroatoms. The van der Waals surface area contributed by atoms with Crippen LogP contribution in [0.15, 0.2) is 42.7 Å². The number of nitrogens with zero attached hydrogens (tertiary/aromatic N) is 3. The number of fused-ring (bicyclic) bond motifs is 1. The largest absolute Gasteiger partial charge is 0.389 e. The monoisotopic (exact) mass is 581 g/mol. The highest BCUT2D eigenvalue weighted by Crippen LogP contribution is 2.43. The predicted molar refractivity (Wildman–Crippen MR) is 135 cm³/mol. The van der Waals surface area contributed by atoms with E-state index in [1.807, 2.05) is 0 Å². The van der Waals surface area contributed by atoms with E-state index in [1.54, 1.807) is 12.3 Å². The number of hydrogen-bond donors (Lipinski definition) is 2. The van der Waals surface area contributed by atoms with Crippen LogP contribution < -0.4 is 10.6 Å². The van der Waals surface area contributed by atoms with Gasteiger partial charge in [-0.1, -0.05) is 6.07 Å². The van der Waals surface area contributed by atoms with Crippen molar-refractivity contribution in [3.63, 3.8) is 0 Å². The third-order valence-corrected chi connectivity index (χ3v) is 7.69. The van der Waals surface area contributed by atoms with Crippen LogP contribution >= 0.6 is 0 Å². The number of rotatable bonds is 9. The zero-order valence-electron chi connectivity index (χ0n) is 21.9. The summed E-state index contributed by atoms with van der Waals surface area (Å²) in [5, 5.41) is 9.91. The number of carbonyl (C=O) groups is 2. The van der Waals surface area contributed by atoms with E-state index in [0.29, 0.717) is 16.9 Å². The summed E-state index contributed by atoms with van der Waals surface area (Å²) in [5.41, 5.74) is 1.40. The quantitative estimate of drug-likeness (QED) is 0.300. The average Bonchev–Trinajstić information content (AvgIpc) is 3.66. The first-order valence-electron chi connectivity index (χ1n) is 13.5. The van der Waals surface area contributed by atoms with Crippen LogP contribution in [-0.2, 0) is 4.79 Å². The van der Waals surface area contributed by atoms with Crippen LogP contribution in [0.25, 0.3) is 5.65 Å². The summed E-state index contributed by atoms with van der Waals surface area (Å²) in [6, 6.07) is 5.52. The maximum Gasteiger partial charge on any atom is 0.389 e. The van der Waals surface area contributed by atoms with Crippen molar-refractivity contribution in [1.82, 2.24) is 25.2 Å². The lowest BCUT2D eigenvalue weighted by Gasteiger charge is -2.33. The second kappa shape index (κ2) is 11.3. The fourth-order valence-electron chi connectivity index (χ4n) is 5.32. The molecular formula is C28H29F6N5O2. The Bertz CT molecular complexity index is 1410. The van der Waals surface area contributed by atoms with Gasteiger partial charge in [0.1, 0.15) is 5.82 Å². The van der Waals surface area contributed by atoms with Gasteiger partial charge in [0.05, 0.1) is 36.6 Å². The number of imidazole rings is 1. The van der Waals surface area contributed by atoms with E-state index in [1.165, 1.54) is 28.9 Å². The summed E-state index contributed by atoms with van der Waals surface area (Å²) in [5.74, 6) is -4.96. The number of alkyl halides is 5. The molecule has 2 amide bonds. The summed E-state index contributed by atoms with van der Waals surface area (Å²) in [6.07, 6.45) is -2.03. The van der Waals surface area contributed by atoms with Crippen molar-refractivity contribution in [3.05, 3.63) is 65.4 Å². The van der Waals surface area contributed by atoms with E-state index in [2.05, 4.69) is 20.7 Å². The number of hydrogen-bond acceptors (Lipinski definition) is 4. The van der Waals surface area contributed by atoms with Crippen molar-refractivity contribution in [2.45, 2.75) is 75.5 Å². The molecule has 1 aromatic carbocycles. The maximum atomic E-state index is 13.9. The molecule has 2 aromatic heterocycles. The third kappa shape index (κ3) is 7.36. The van der Waals surface area contributed by atoms with Gasteiger partial charge in [0, 0.05) is 24.8 Å². The van der Waals surface area contributed by atoms with Crippen LogP contribution in [0, 0.1) is 17.7 Å². The molecule has 2 aliphatic rings. The molecular weight excluding hydrogens is 552 g/mol. The molecule has 2 saturated carbocycles. The molecule has 2 atom stereocenters. The van der Waals surface area contributed by atoms with E-state index in [4.69, 9.17) is 0 Å². The van der Waals surface area contributed by atoms with Gasteiger partial charge in [-0.25, -0.2) is 22.7 Å². The Morgan fingerprint density at radius 2 is 1.73 bits per heavy atom. The number of amides is 2. The lowest BCUT2D eigenvalue weighted by Crippen LogP contribution is -2.37. The molecule has 7 nitrogen and oxygen atoms in total. The summed E-state index contributed by atoms with van der Waals surface area (Å²) >= 11 is 0. The van der Waals surface area contributed by atoms with Crippen molar-refractivity contribution < 1.29 is 35.9 Å². The molecule has 2 N–H and O–H groups in total. The topological polar surface area (TPSA) is 88.4 Å². The maximum absolute atomic E-state index is 13.9. The zero-order valence-corrected chi connectivity index (χ0v) is 21.9. The van der Waals surface area contributed by atoms with Gasteiger partial charge in [0.2, 0.25) is 11.8 Å². The number of benzene rings is 1. The Balaban J connectivity index is 1.39. The third-order valence-electron chi connectivity index (χ3n) is 7.69. The average molecular weight is 582 g/mol. The Morgan fingerprint density at radius 1 is 1.02 bits per heavy atom. The van der Waals surface area contributed by atoms with Crippen LogP contribution in [-0.4, -0.2) is 38.5 Å². The van der Waals surface area contributed by atoms with Gasteiger partial charge in [-0.2, -0.15) is 18.3 Å². The molecule has 0 bridgehead atoms. The van der Waals surface area contributed by atoms with E-state index in [0.717, 1.165) is 18.9 Å². The highest BCUT2D eigenvalue weighted by atomic mass is 19.4. The second-order valence-electron chi connectivity index (χ2n) is 10.9. The van der Waals surface area contributed by atoms with E-state index < -0.39 is 54.7 Å². The molecule has 2 fully saturated rings. The standard InChI is InChI=1S/C28H29F6N5O2/c29-20-3-1-2-18(12-20)26(41)38-25(17-6-9-27(30,31)10-7-17)21-15-39-22(36-21)13-19(14-35-39)24(16-4-5-16)37-23(40)8-11-28(32,33)34/h1-3,12-17,24-25H,4-11H2,(H,37,40)(H,38,41)/t24?,25-/m0/s1. The minimum Gasteiger partial charge on any atom is -0.349 e. The number of halogens is 6. The second-order valence-corrected chi connectivity index (χ2v) is 10.9. The van der Waals surface area contributed by atoms with Crippen LogP contribution in [0.2, 0.25) is 0 Å². The number of carbonyl (C=O) groups excluding carboxylic acids is 2. The van der Waals surface area contributed by atoms with Gasteiger partial charge in [0.15, 0.2) is 5.65 Å². The van der Waals surface area contributed by atoms with Gasteiger partial charge in [0.25, 0.3) is 5.91 Å². The Hall–Kier alpha value is -3.64. The summed E-state index contributed by atoms with van der Waals surface area (Å²) in [6.45, 7) is 0. The highest BCUT2D eigenvalue weighted by Gasteiger charge is 2.40. The molecule has 3 aromatic rings. The summed E-state index contributed by atoms with van der Waals surface area (Å²) < 4.78 is 80.8. The highest BCUT2D eigenvalue weighted by molar-refractivity contribution is 5.94. The lowest BCUT2D eigenvalue weighted by molar-refractivity contribution is -0.144. The van der Waals surface area contributed by atoms with E-state index in [9.17, 15) is 35.9 Å². The molecule has 0 aliphatic heterocycles. The normalized spacial score (nSPS) is 19.1. The number of nitrogens with one attached hydrogen (secondary N) is 2. The van der Waals surface area contributed by atoms with E-state index >= 15 is 0 Å². The molecule has 41 heavy (non-hydrogen) atoms. The van der Waals surface area contributed by atoms with Gasteiger partial charge in [-0.05, 0) is 67.3 Å². The first-order chi connectivity index (χ1) is 19.4. The predicted octanol–water partition coefficient (Wildman–Crippen LogP) is 6.07. The first-order valence-corrected chi connectivity index (χ1v) is 13.5. The van der Waals surface area contributed by atoms with Crippen molar-refractivity contribution in [3.8, 4) is 0 Å². The van der Waals surface area contributed by atoms with Crippen molar-refractivity contribution >= 4 is 17.5 Å². The van der Waals surface area contributed by atoms with Gasteiger partial charge < -0.3 is 10.6 Å². The molecule has 2 aliphatic carbocycles. The Labute approximate surface area is 231 Å². The van der Waals surface area contributed by atoms with Crippen LogP contribution in [0.5, 0.6) is 0 Å². The minimum atomic E-state index is -4.44. The Kier molecular flexibility index (Phi) is 7.97. The summed E-state index contributed by atoms with van der Waals surface area (Å²) in [4.78, 5) is 29.9. The smallest absolute Gasteiger partial charge is 0.349 e. The molecule has 0 saturated heterocycles. The first kappa shape index (κ1) is 28.9. The minimum absolute atomic E-state index is 0.0609. The fourth-order valence-corrected chi connectivity index (χ4v) is 5.32. The van der Waals surface area contributed by atoms with Crippen LogP contribution in [0.3, 0.4) is 0 Å². The number of aromatic nitrogens is 3. The van der Waals surface area contributed by atoms with Crippen LogP contribution in [0.1, 0.15) is 85.1 Å². The fraction of sp³-hybridized carbons (Fsp3) is 0.500. The van der Waals surface area contributed by atoms with E-state index in [-0.39, 0.29) is 43.1 Å². The summed E-state index contributed by atoms with van der Waals surface area (Å²) in [7, 11) is 0. The molecule has 1 unspecified atom stereocenters. The molecule has 5 rings (SSSR count). The van der Waals surface area contributed by atoms with Crippen molar-refractivity contribution in [2.75, 3.05) is 0 Å². The molecule has 220 valence electrons. The van der Waals surface area contributed by atoms with Crippen molar-refractivity contribution in [1.29, 1.82) is 0 Å². The molecule has 2 heterocycles. The Morgan fingerprint density at radius 3 is 2.39 bits per heavy atom. The van der Waals surface area contributed by atoms with Crippen LogP contribution in [0.4, 0.5) is 26.3 Å². The zero-order chi connectivity index (χ0) is 29.4. The molecule has 0 spiro atoms. The van der Waals surface area contributed by atoms with Gasteiger partial charge in [-0.15, -0.1) is 0 Å². The molecule has 0 radical (unpaired) electrons. The van der Waals surface area contributed by atoms with Gasteiger partial charge in [-0.3, -0.25) is 9.59 Å². The van der Waals surface area contributed by atoms with Gasteiger partial charge >= 0.3 is 6.18 Å².